The Bertz CT molecular complexity index is 341. The zero-order valence-electron chi connectivity index (χ0n) is 9.62. The predicted octanol–water partition coefficient (Wildman–Crippen LogP) is 1.04. The summed E-state index contributed by atoms with van der Waals surface area (Å²) in [6.07, 6.45) is 6.57. The average molecular weight is 222 g/mol. The fourth-order valence-corrected chi connectivity index (χ4v) is 2.24. The molecule has 0 bridgehead atoms. The van der Waals surface area contributed by atoms with Crippen LogP contribution in [0.2, 0.25) is 0 Å². The molecule has 1 aromatic heterocycles. The molecule has 5 heteroatoms. The normalized spacial score (nSPS) is 18.6. The van der Waals surface area contributed by atoms with Crippen molar-refractivity contribution in [1.29, 1.82) is 0 Å². The minimum atomic E-state index is -0.137. The number of hydrogen-bond donors (Lipinski definition) is 2. The SMILES string of the molecule is CC1(C(=O)NCCc2ncn[nH]2)CCCC1. The molecule has 0 saturated heterocycles. The smallest absolute Gasteiger partial charge is 0.225 e. The fourth-order valence-electron chi connectivity index (χ4n) is 2.24. The molecule has 0 spiro atoms. The van der Waals surface area contributed by atoms with E-state index in [9.17, 15) is 4.79 Å². The molecule has 1 fully saturated rings. The van der Waals surface area contributed by atoms with Gasteiger partial charge in [0.25, 0.3) is 0 Å². The van der Waals surface area contributed by atoms with Gasteiger partial charge in [-0.25, -0.2) is 4.98 Å². The number of rotatable bonds is 4. The van der Waals surface area contributed by atoms with Crippen LogP contribution in [0, 0.1) is 5.41 Å². The van der Waals surface area contributed by atoms with Crippen molar-refractivity contribution >= 4 is 5.91 Å². The Balaban J connectivity index is 1.75. The highest BCUT2D eigenvalue weighted by atomic mass is 16.2. The Morgan fingerprint density at radius 2 is 2.31 bits per heavy atom. The van der Waals surface area contributed by atoms with E-state index in [0.29, 0.717) is 13.0 Å². The lowest BCUT2D eigenvalue weighted by atomic mass is 9.88. The number of H-pyrrole nitrogens is 1. The Kier molecular flexibility index (Phi) is 3.22. The summed E-state index contributed by atoms with van der Waals surface area (Å²) in [6, 6.07) is 0. The Labute approximate surface area is 95.0 Å². The number of aromatic amines is 1. The van der Waals surface area contributed by atoms with Crippen molar-refractivity contribution in [3.05, 3.63) is 12.2 Å². The highest BCUT2D eigenvalue weighted by Gasteiger charge is 2.35. The molecule has 0 unspecified atom stereocenters. The molecule has 2 rings (SSSR count). The number of amides is 1. The number of hydrogen-bond acceptors (Lipinski definition) is 3. The third kappa shape index (κ3) is 2.40. The maximum atomic E-state index is 11.9. The summed E-state index contributed by atoms with van der Waals surface area (Å²) in [7, 11) is 0. The lowest BCUT2D eigenvalue weighted by Crippen LogP contribution is -2.38. The van der Waals surface area contributed by atoms with Gasteiger partial charge < -0.3 is 5.32 Å². The Morgan fingerprint density at radius 3 is 2.94 bits per heavy atom. The minimum absolute atomic E-state index is 0.137. The lowest BCUT2D eigenvalue weighted by molar-refractivity contribution is -0.129. The minimum Gasteiger partial charge on any atom is -0.355 e. The van der Waals surface area contributed by atoms with E-state index in [2.05, 4.69) is 27.4 Å². The van der Waals surface area contributed by atoms with Gasteiger partial charge in [-0.2, -0.15) is 5.10 Å². The summed E-state index contributed by atoms with van der Waals surface area (Å²) in [6.45, 7) is 2.69. The monoisotopic (exact) mass is 222 g/mol. The number of carbonyl (C=O) groups excluding carboxylic acids is 1. The van der Waals surface area contributed by atoms with Gasteiger partial charge in [0.2, 0.25) is 5.91 Å². The van der Waals surface area contributed by atoms with Crippen molar-refractivity contribution in [3.63, 3.8) is 0 Å². The molecule has 2 N–H and O–H groups in total. The van der Waals surface area contributed by atoms with Gasteiger partial charge in [-0.3, -0.25) is 9.89 Å². The number of carbonyl (C=O) groups is 1. The molecule has 0 aromatic carbocycles. The molecular weight excluding hydrogens is 204 g/mol. The second-order valence-electron chi connectivity index (χ2n) is 4.71. The van der Waals surface area contributed by atoms with Crippen LogP contribution in [0.4, 0.5) is 0 Å². The van der Waals surface area contributed by atoms with Crippen LogP contribution in [0.25, 0.3) is 0 Å². The fraction of sp³-hybridized carbons (Fsp3) is 0.727. The molecule has 16 heavy (non-hydrogen) atoms. The zero-order chi connectivity index (χ0) is 11.4. The van der Waals surface area contributed by atoms with Crippen LogP contribution in [0.15, 0.2) is 6.33 Å². The van der Waals surface area contributed by atoms with Crippen molar-refractivity contribution in [2.24, 2.45) is 5.41 Å². The van der Waals surface area contributed by atoms with Gasteiger partial charge in [0, 0.05) is 18.4 Å². The molecule has 5 nitrogen and oxygen atoms in total. The van der Waals surface area contributed by atoms with E-state index in [1.165, 1.54) is 19.2 Å². The van der Waals surface area contributed by atoms with Crippen LogP contribution in [-0.4, -0.2) is 27.6 Å². The number of nitrogens with zero attached hydrogens (tertiary/aromatic N) is 2. The van der Waals surface area contributed by atoms with Gasteiger partial charge in [-0.15, -0.1) is 0 Å². The first-order chi connectivity index (χ1) is 7.71. The topological polar surface area (TPSA) is 70.7 Å². The molecule has 1 heterocycles. The van der Waals surface area contributed by atoms with Gasteiger partial charge in [0.05, 0.1) is 0 Å². The van der Waals surface area contributed by atoms with Crippen molar-refractivity contribution in [2.45, 2.75) is 39.0 Å². The maximum Gasteiger partial charge on any atom is 0.225 e. The van der Waals surface area contributed by atoms with E-state index < -0.39 is 0 Å². The van der Waals surface area contributed by atoms with Gasteiger partial charge in [-0.1, -0.05) is 19.8 Å². The highest BCUT2D eigenvalue weighted by molar-refractivity contribution is 5.82. The Morgan fingerprint density at radius 1 is 1.56 bits per heavy atom. The van der Waals surface area contributed by atoms with E-state index in [-0.39, 0.29) is 11.3 Å². The lowest BCUT2D eigenvalue weighted by Gasteiger charge is -2.21. The summed E-state index contributed by atoms with van der Waals surface area (Å²) in [5.41, 5.74) is -0.137. The van der Waals surface area contributed by atoms with Crippen LogP contribution in [0.1, 0.15) is 38.4 Å². The predicted molar refractivity (Wildman–Crippen MR) is 59.7 cm³/mol. The van der Waals surface area contributed by atoms with Crippen LogP contribution in [0.5, 0.6) is 0 Å². The van der Waals surface area contributed by atoms with E-state index in [0.717, 1.165) is 18.7 Å². The summed E-state index contributed by atoms with van der Waals surface area (Å²) in [4.78, 5) is 15.9. The summed E-state index contributed by atoms with van der Waals surface area (Å²) >= 11 is 0. The zero-order valence-corrected chi connectivity index (χ0v) is 9.62. The van der Waals surface area contributed by atoms with Crippen molar-refractivity contribution in [1.82, 2.24) is 20.5 Å². The largest absolute Gasteiger partial charge is 0.355 e. The summed E-state index contributed by atoms with van der Waals surface area (Å²) < 4.78 is 0. The van der Waals surface area contributed by atoms with E-state index in [1.807, 2.05) is 0 Å². The first-order valence-electron chi connectivity index (χ1n) is 5.83. The average Bonchev–Trinajstić information content (AvgIpc) is 2.90. The summed E-state index contributed by atoms with van der Waals surface area (Å²) in [5.74, 6) is 1.00. The second-order valence-corrected chi connectivity index (χ2v) is 4.71. The molecule has 88 valence electrons. The third-order valence-corrected chi connectivity index (χ3v) is 3.37. The highest BCUT2D eigenvalue weighted by Crippen LogP contribution is 2.37. The molecule has 1 aliphatic carbocycles. The quantitative estimate of drug-likeness (QED) is 0.799. The van der Waals surface area contributed by atoms with Gasteiger partial charge >= 0.3 is 0 Å². The summed E-state index contributed by atoms with van der Waals surface area (Å²) in [5, 5.41) is 9.52. The first-order valence-corrected chi connectivity index (χ1v) is 5.83. The molecular formula is C11H18N4O. The molecule has 1 aliphatic rings. The van der Waals surface area contributed by atoms with Crippen LogP contribution in [0.3, 0.4) is 0 Å². The standard InChI is InChI=1S/C11H18N4O/c1-11(5-2-3-6-11)10(16)12-7-4-9-13-8-14-15-9/h8H,2-7H2,1H3,(H,12,16)(H,13,14,15). The van der Waals surface area contributed by atoms with Crippen molar-refractivity contribution in [3.8, 4) is 0 Å². The second kappa shape index (κ2) is 4.63. The number of aromatic nitrogens is 3. The first kappa shape index (κ1) is 11.1. The molecule has 0 radical (unpaired) electrons. The van der Waals surface area contributed by atoms with E-state index in [1.54, 1.807) is 0 Å². The molecule has 1 aromatic rings. The van der Waals surface area contributed by atoms with Crippen LogP contribution in [-0.2, 0) is 11.2 Å². The van der Waals surface area contributed by atoms with Crippen molar-refractivity contribution < 1.29 is 4.79 Å². The van der Waals surface area contributed by atoms with Crippen LogP contribution < -0.4 is 5.32 Å². The maximum absolute atomic E-state index is 11.9. The molecule has 0 atom stereocenters. The molecule has 1 amide bonds. The van der Waals surface area contributed by atoms with Gasteiger partial charge in [-0.05, 0) is 12.8 Å². The van der Waals surface area contributed by atoms with Gasteiger partial charge in [0.15, 0.2) is 0 Å². The van der Waals surface area contributed by atoms with Crippen molar-refractivity contribution in [2.75, 3.05) is 6.54 Å². The van der Waals surface area contributed by atoms with E-state index in [4.69, 9.17) is 0 Å². The van der Waals surface area contributed by atoms with E-state index >= 15 is 0 Å². The van der Waals surface area contributed by atoms with Gasteiger partial charge in [0.1, 0.15) is 12.2 Å². The number of nitrogens with one attached hydrogen (secondary N) is 2. The molecule has 0 aliphatic heterocycles. The van der Waals surface area contributed by atoms with Crippen LogP contribution >= 0.6 is 0 Å². The Hall–Kier alpha value is -1.39. The molecule has 1 saturated carbocycles. The third-order valence-electron chi connectivity index (χ3n) is 3.37.